The van der Waals surface area contributed by atoms with Gasteiger partial charge in [0, 0.05) is 12.6 Å². The van der Waals surface area contributed by atoms with Crippen molar-refractivity contribution in [1.29, 1.82) is 0 Å². The molecular weight excluding hydrogens is 350 g/mol. The van der Waals surface area contributed by atoms with Crippen LogP contribution in [0.4, 0.5) is 5.13 Å². The van der Waals surface area contributed by atoms with Crippen molar-refractivity contribution in [3.63, 3.8) is 0 Å². The summed E-state index contributed by atoms with van der Waals surface area (Å²) in [6.07, 6.45) is 0. The zero-order valence-corrected chi connectivity index (χ0v) is 14.7. The van der Waals surface area contributed by atoms with Crippen molar-refractivity contribution in [3.05, 3.63) is 65.1 Å². The lowest BCUT2D eigenvalue weighted by molar-refractivity contribution is -0.116. The number of nitrogens with zero attached hydrogens (tertiary/aromatic N) is 4. The molecule has 0 atom stereocenters. The second-order valence-electron chi connectivity index (χ2n) is 5.74. The maximum absolute atomic E-state index is 12.4. The number of benzene rings is 2. The lowest BCUT2D eigenvalue weighted by atomic mass is 10.2. The molecule has 7 nitrogen and oxygen atoms in total. The molecule has 0 saturated heterocycles. The number of aromatic nitrogens is 4. The van der Waals surface area contributed by atoms with Crippen LogP contribution < -0.4 is 11.0 Å². The third kappa shape index (κ3) is 2.91. The van der Waals surface area contributed by atoms with Gasteiger partial charge >= 0.3 is 5.69 Å². The summed E-state index contributed by atoms with van der Waals surface area (Å²) in [5, 5.41) is 12.0. The Morgan fingerprint density at radius 3 is 2.50 bits per heavy atom. The van der Waals surface area contributed by atoms with Crippen LogP contribution in [0.25, 0.3) is 21.6 Å². The second kappa shape index (κ2) is 6.57. The molecule has 8 heteroatoms. The molecule has 0 aliphatic heterocycles. The van der Waals surface area contributed by atoms with E-state index in [4.69, 9.17) is 0 Å². The number of nitrogens with one attached hydrogen (secondary N) is 1. The van der Waals surface area contributed by atoms with E-state index < -0.39 is 0 Å². The summed E-state index contributed by atoms with van der Waals surface area (Å²) in [4.78, 5) is 24.8. The van der Waals surface area contributed by atoms with E-state index in [1.165, 1.54) is 20.5 Å². The van der Waals surface area contributed by atoms with Gasteiger partial charge in [-0.05, 0) is 12.1 Å². The quantitative estimate of drug-likeness (QED) is 0.602. The Morgan fingerprint density at radius 2 is 1.73 bits per heavy atom. The SMILES string of the molecule is Cn1c(=O)n(CC(=O)Nc2nnc(-c3ccccc3)s2)c2ccccc21. The van der Waals surface area contributed by atoms with Gasteiger partial charge in [0.2, 0.25) is 11.0 Å². The van der Waals surface area contributed by atoms with E-state index in [0.717, 1.165) is 21.6 Å². The highest BCUT2D eigenvalue weighted by molar-refractivity contribution is 7.18. The first-order valence-corrected chi connectivity index (χ1v) is 8.78. The van der Waals surface area contributed by atoms with E-state index in [1.54, 1.807) is 7.05 Å². The number of carbonyl (C=O) groups excluding carboxylic acids is 1. The van der Waals surface area contributed by atoms with E-state index in [9.17, 15) is 9.59 Å². The van der Waals surface area contributed by atoms with Crippen molar-refractivity contribution >= 4 is 33.4 Å². The minimum Gasteiger partial charge on any atom is -0.299 e. The third-order valence-electron chi connectivity index (χ3n) is 4.05. The highest BCUT2D eigenvalue weighted by Gasteiger charge is 2.15. The number of carbonyl (C=O) groups is 1. The van der Waals surface area contributed by atoms with E-state index in [1.807, 2.05) is 54.6 Å². The maximum Gasteiger partial charge on any atom is 0.329 e. The molecule has 4 aromatic rings. The molecule has 2 heterocycles. The fraction of sp³-hybridized carbons (Fsp3) is 0.111. The number of imidazole rings is 1. The van der Waals surface area contributed by atoms with E-state index in [0.29, 0.717) is 5.13 Å². The fourth-order valence-electron chi connectivity index (χ4n) is 2.79. The summed E-state index contributed by atoms with van der Waals surface area (Å²) in [6.45, 7) is -0.0829. The summed E-state index contributed by atoms with van der Waals surface area (Å²) in [7, 11) is 1.69. The zero-order valence-electron chi connectivity index (χ0n) is 13.9. The van der Waals surface area contributed by atoms with Crippen molar-refractivity contribution in [2.45, 2.75) is 6.54 Å². The molecule has 1 amide bonds. The van der Waals surface area contributed by atoms with Crippen LogP contribution in [0.5, 0.6) is 0 Å². The fourth-order valence-corrected chi connectivity index (χ4v) is 3.55. The number of hydrogen-bond acceptors (Lipinski definition) is 5. The molecule has 4 rings (SSSR count). The van der Waals surface area contributed by atoms with Gasteiger partial charge in [-0.25, -0.2) is 4.79 Å². The van der Waals surface area contributed by atoms with Gasteiger partial charge in [-0.15, -0.1) is 10.2 Å². The largest absolute Gasteiger partial charge is 0.329 e. The molecule has 0 aliphatic carbocycles. The molecule has 130 valence electrons. The Labute approximate surface area is 152 Å². The Balaban J connectivity index is 1.55. The molecule has 0 radical (unpaired) electrons. The average Bonchev–Trinajstić information content (AvgIpc) is 3.22. The number of hydrogen-bond donors (Lipinski definition) is 1. The number of anilines is 1. The minimum absolute atomic E-state index is 0.0829. The van der Waals surface area contributed by atoms with E-state index in [2.05, 4.69) is 15.5 Å². The van der Waals surface area contributed by atoms with Crippen LogP contribution in [0.2, 0.25) is 0 Å². The number of para-hydroxylation sites is 2. The zero-order chi connectivity index (χ0) is 18.1. The van der Waals surface area contributed by atoms with Crippen LogP contribution in [0.3, 0.4) is 0 Å². The topological polar surface area (TPSA) is 81.8 Å². The molecule has 2 aromatic carbocycles. The summed E-state index contributed by atoms with van der Waals surface area (Å²) < 4.78 is 2.98. The molecule has 26 heavy (non-hydrogen) atoms. The van der Waals surface area contributed by atoms with Crippen LogP contribution in [-0.4, -0.2) is 25.2 Å². The van der Waals surface area contributed by atoms with Gasteiger partial charge in [-0.3, -0.25) is 19.2 Å². The average molecular weight is 365 g/mol. The smallest absolute Gasteiger partial charge is 0.299 e. The maximum atomic E-state index is 12.4. The van der Waals surface area contributed by atoms with E-state index >= 15 is 0 Å². The third-order valence-corrected chi connectivity index (χ3v) is 4.93. The number of fused-ring (bicyclic) bond motifs is 1. The van der Waals surface area contributed by atoms with Crippen LogP contribution in [0.15, 0.2) is 59.4 Å². The predicted octanol–water partition coefficient (Wildman–Crippen LogP) is 2.50. The number of amides is 1. The molecule has 0 aliphatic rings. The van der Waals surface area contributed by atoms with Crippen LogP contribution >= 0.6 is 11.3 Å². The second-order valence-corrected chi connectivity index (χ2v) is 6.72. The summed E-state index contributed by atoms with van der Waals surface area (Å²) >= 11 is 1.29. The van der Waals surface area contributed by atoms with Gasteiger partial charge in [0.1, 0.15) is 11.6 Å². The van der Waals surface area contributed by atoms with Gasteiger partial charge in [-0.1, -0.05) is 53.8 Å². The molecule has 0 bridgehead atoms. The lowest BCUT2D eigenvalue weighted by Crippen LogP contribution is -2.28. The van der Waals surface area contributed by atoms with Gasteiger partial charge in [-0.2, -0.15) is 0 Å². The van der Waals surface area contributed by atoms with Crippen molar-refractivity contribution in [1.82, 2.24) is 19.3 Å². The Bertz CT molecular complexity index is 1140. The Hall–Kier alpha value is -3.26. The van der Waals surface area contributed by atoms with E-state index in [-0.39, 0.29) is 18.1 Å². The highest BCUT2D eigenvalue weighted by atomic mass is 32.1. The number of aryl methyl sites for hydroxylation is 1. The Kier molecular flexibility index (Phi) is 4.10. The van der Waals surface area contributed by atoms with Crippen molar-refractivity contribution in [2.24, 2.45) is 7.05 Å². The lowest BCUT2D eigenvalue weighted by Gasteiger charge is -2.03. The van der Waals surface area contributed by atoms with Crippen LogP contribution in [0.1, 0.15) is 0 Å². The molecule has 0 fully saturated rings. The van der Waals surface area contributed by atoms with Crippen molar-refractivity contribution in [2.75, 3.05) is 5.32 Å². The summed E-state index contributed by atoms with van der Waals surface area (Å²) in [5.74, 6) is -0.320. The minimum atomic E-state index is -0.320. The number of rotatable bonds is 4. The van der Waals surface area contributed by atoms with Crippen LogP contribution in [-0.2, 0) is 18.4 Å². The molecule has 0 spiro atoms. The van der Waals surface area contributed by atoms with Gasteiger partial charge < -0.3 is 0 Å². The standard InChI is InChI=1S/C18H15N5O2S/c1-22-13-9-5-6-10-14(13)23(18(22)25)11-15(24)19-17-21-20-16(26-17)12-7-3-2-4-8-12/h2-10H,11H2,1H3,(H,19,21,24). The monoisotopic (exact) mass is 365 g/mol. The molecule has 2 aromatic heterocycles. The first kappa shape index (κ1) is 16.2. The van der Waals surface area contributed by atoms with Crippen molar-refractivity contribution < 1.29 is 4.79 Å². The summed E-state index contributed by atoms with van der Waals surface area (Å²) in [5.41, 5.74) is 2.21. The van der Waals surface area contributed by atoms with Gasteiger partial charge in [0.05, 0.1) is 11.0 Å². The molecule has 0 saturated carbocycles. The van der Waals surface area contributed by atoms with Crippen LogP contribution in [0, 0.1) is 0 Å². The van der Waals surface area contributed by atoms with Gasteiger partial charge in [0.25, 0.3) is 0 Å². The molecule has 0 unspecified atom stereocenters. The normalized spacial score (nSPS) is 11.0. The predicted molar refractivity (Wildman–Crippen MR) is 101 cm³/mol. The first-order chi connectivity index (χ1) is 12.6. The molecule has 1 N–H and O–H groups in total. The molecular formula is C18H15N5O2S. The Morgan fingerprint density at radius 1 is 1.04 bits per heavy atom. The van der Waals surface area contributed by atoms with Crippen molar-refractivity contribution in [3.8, 4) is 10.6 Å². The first-order valence-electron chi connectivity index (χ1n) is 7.96. The summed E-state index contributed by atoms with van der Waals surface area (Å²) in [6, 6.07) is 17.0. The van der Waals surface area contributed by atoms with Gasteiger partial charge in [0.15, 0.2) is 0 Å². The highest BCUT2D eigenvalue weighted by Crippen LogP contribution is 2.25.